The van der Waals surface area contributed by atoms with Crippen molar-refractivity contribution in [1.82, 2.24) is 4.90 Å². The van der Waals surface area contributed by atoms with Crippen molar-refractivity contribution in [2.75, 3.05) is 25.6 Å². The van der Waals surface area contributed by atoms with Gasteiger partial charge in [-0.1, -0.05) is 12.1 Å². The molecule has 220 valence electrons. The van der Waals surface area contributed by atoms with Gasteiger partial charge in [-0.05, 0) is 55.0 Å². The predicted octanol–water partition coefficient (Wildman–Crippen LogP) is 5.47. The average Bonchev–Trinajstić information content (AvgIpc) is 2.92. The van der Waals surface area contributed by atoms with E-state index in [1.165, 1.54) is 6.07 Å². The van der Waals surface area contributed by atoms with Crippen LogP contribution in [0, 0.1) is 17.1 Å². The Morgan fingerprint density at radius 3 is 2.21 bits per heavy atom. The van der Waals surface area contributed by atoms with E-state index in [0.29, 0.717) is 27.5 Å². The van der Waals surface area contributed by atoms with Crippen molar-refractivity contribution in [3.8, 4) is 23.3 Å². The van der Waals surface area contributed by atoms with Gasteiger partial charge in [0, 0.05) is 26.2 Å². The summed E-state index contributed by atoms with van der Waals surface area (Å²) in [6.45, 7) is 3.45. The maximum atomic E-state index is 14.9. The SMILES string of the molecule is CCOC(=O)C(C)Oc1ccc2cc(Oc3cc(N(C=O)C(=O)/C=C(\N(C)C)C(F)(F)F)c(F)cc3C#N)ccc2c1. The van der Waals surface area contributed by atoms with E-state index in [0.717, 1.165) is 20.2 Å². The molecule has 1 unspecified atom stereocenters. The number of esters is 1. The number of rotatable bonds is 10. The Bertz CT molecular complexity index is 1580. The fraction of sp³-hybridized carbons (Fsp3) is 0.241. The van der Waals surface area contributed by atoms with Crippen LogP contribution in [0.25, 0.3) is 10.8 Å². The first-order chi connectivity index (χ1) is 19.8. The molecule has 0 fully saturated rings. The molecular weight excluding hydrogens is 562 g/mol. The molecule has 0 aliphatic carbocycles. The number of nitrogens with zero attached hydrogens (tertiary/aromatic N) is 3. The number of carbonyl (C=O) groups is 3. The topological polar surface area (TPSA) is 109 Å². The Kier molecular flexibility index (Phi) is 9.74. The zero-order valence-corrected chi connectivity index (χ0v) is 22.9. The number of fused-ring (bicyclic) bond motifs is 1. The van der Waals surface area contributed by atoms with E-state index < -0.39 is 41.4 Å². The number of nitriles is 1. The zero-order valence-electron chi connectivity index (χ0n) is 22.9. The van der Waals surface area contributed by atoms with E-state index >= 15 is 0 Å². The van der Waals surface area contributed by atoms with Crippen LogP contribution in [0.1, 0.15) is 19.4 Å². The van der Waals surface area contributed by atoms with Crippen molar-refractivity contribution < 1.29 is 46.2 Å². The smallest absolute Gasteiger partial charge is 0.431 e. The van der Waals surface area contributed by atoms with Crippen molar-refractivity contribution in [1.29, 1.82) is 5.26 Å². The molecule has 0 bridgehead atoms. The fourth-order valence-electron chi connectivity index (χ4n) is 3.76. The first-order valence-corrected chi connectivity index (χ1v) is 12.3. The van der Waals surface area contributed by atoms with Gasteiger partial charge in [0.15, 0.2) is 6.10 Å². The summed E-state index contributed by atoms with van der Waals surface area (Å²) < 4.78 is 71.1. The van der Waals surface area contributed by atoms with Gasteiger partial charge in [-0.25, -0.2) is 14.1 Å². The van der Waals surface area contributed by atoms with Crippen LogP contribution in [-0.4, -0.2) is 56.2 Å². The summed E-state index contributed by atoms with van der Waals surface area (Å²) in [6.07, 6.45) is -5.75. The summed E-state index contributed by atoms with van der Waals surface area (Å²) in [6, 6.07) is 13.0. The molecule has 9 nitrogen and oxygen atoms in total. The molecule has 2 amide bonds. The number of allylic oxidation sites excluding steroid dienone is 1. The molecule has 3 aromatic carbocycles. The standard InChI is InChI=1S/C29H25F4N3O6/c1-5-40-28(39)17(2)41-21-8-6-19-11-22(9-7-18(19)10-21)42-25-13-24(23(30)12-20(25)15-34)36(16-37)27(38)14-26(35(3)4)29(31,32)33/h6-14,16-17H,5H2,1-4H3/b26-14-. The van der Waals surface area contributed by atoms with Crippen LogP contribution in [-0.2, 0) is 19.1 Å². The first kappa shape index (κ1) is 31.4. The van der Waals surface area contributed by atoms with Crippen LogP contribution >= 0.6 is 0 Å². The van der Waals surface area contributed by atoms with Crippen LogP contribution in [0.2, 0.25) is 0 Å². The van der Waals surface area contributed by atoms with E-state index in [9.17, 15) is 37.2 Å². The maximum Gasteiger partial charge on any atom is 0.431 e. The molecular formula is C29H25F4N3O6. The Morgan fingerprint density at radius 1 is 1.05 bits per heavy atom. The van der Waals surface area contributed by atoms with E-state index in [1.807, 2.05) is 0 Å². The molecule has 0 radical (unpaired) electrons. The highest BCUT2D eigenvalue weighted by atomic mass is 19.4. The molecule has 0 heterocycles. The lowest BCUT2D eigenvalue weighted by atomic mass is 10.1. The molecule has 13 heteroatoms. The number of hydrogen-bond acceptors (Lipinski definition) is 8. The number of anilines is 1. The number of ether oxygens (including phenoxy) is 3. The number of imide groups is 1. The van der Waals surface area contributed by atoms with Gasteiger partial charge < -0.3 is 19.1 Å². The summed E-state index contributed by atoms with van der Waals surface area (Å²) in [4.78, 5) is 36.9. The summed E-state index contributed by atoms with van der Waals surface area (Å²) in [5, 5.41) is 10.9. The summed E-state index contributed by atoms with van der Waals surface area (Å²) >= 11 is 0. The lowest BCUT2D eigenvalue weighted by molar-refractivity contribution is -0.150. The van der Waals surface area contributed by atoms with E-state index in [-0.39, 0.29) is 41.1 Å². The Hall–Kier alpha value is -5.12. The molecule has 0 spiro atoms. The Labute approximate surface area is 238 Å². The molecule has 0 aliphatic heterocycles. The van der Waals surface area contributed by atoms with Gasteiger partial charge in [0.2, 0.25) is 6.41 Å². The largest absolute Gasteiger partial charge is 0.479 e. The second-order valence-corrected chi connectivity index (χ2v) is 8.93. The van der Waals surface area contributed by atoms with Gasteiger partial charge in [-0.2, -0.15) is 18.4 Å². The van der Waals surface area contributed by atoms with Gasteiger partial charge in [0.1, 0.15) is 34.8 Å². The number of halogens is 4. The second kappa shape index (κ2) is 13.0. The maximum absolute atomic E-state index is 14.9. The lowest BCUT2D eigenvalue weighted by Gasteiger charge is -2.21. The molecule has 3 aromatic rings. The van der Waals surface area contributed by atoms with E-state index in [1.54, 1.807) is 50.2 Å². The van der Waals surface area contributed by atoms with Crippen molar-refractivity contribution >= 4 is 34.7 Å². The molecule has 42 heavy (non-hydrogen) atoms. The number of amides is 2. The third-order valence-electron chi connectivity index (χ3n) is 5.75. The molecule has 0 N–H and O–H groups in total. The number of hydrogen-bond donors (Lipinski definition) is 0. The van der Waals surface area contributed by atoms with Gasteiger partial charge in [0.25, 0.3) is 5.91 Å². The molecule has 1 atom stereocenters. The molecule has 0 saturated heterocycles. The van der Waals surface area contributed by atoms with Gasteiger partial charge in [0.05, 0.1) is 17.9 Å². The molecule has 0 aromatic heterocycles. The number of benzene rings is 3. The monoisotopic (exact) mass is 587 g/mol. The predicted molar refractivity (Wildman–Crippen MR) is 143 cm³/mol. The molecule has 0 aliphatic rings. The highest BCUT2D eigenvalue weighted by Gasteiger charge is 2.37. The minimum Gasteiger partial charge on any atom is -0.479 e. The van der Waals surface area contributed by atoms with Crippen LogP contribution in [0.15, 0.2) is 60.3 Å². The normalized spacial score (nSPS) is 12.2. The summed E-state index contributed by atoms with van der Waals surface area (Å²) in [5.74, 6) is -2.87. The molecule has 3 rings (SSSR count). The highest BCUT2D eigenvalue weighted by Crippen LogP contribution is 2.34. The van der Waals surface area contributed by atoms with Crippen LogP contribution < -0.4 is 14.4 Å². The van der Waals surface area contributed by atoms with Gasteiger partial charge in [-0.15, -0.1) is 0 Å². The van der Waals surface area contributed by atoms with Gasteiger partial charge >= 0.3 is 12.1 Å². The van der Waals surface area contributed by atoms with Crippen LogP contribution in [0.5, 0.6) is 17.2 Å². The third-order valence-corrected chi connectivity index (χ3v) is 5.75. The van der Waals surface area contributed by atoms with Crippen LogP contribution in [0.4, 0.5) is 23.2 Å². The average molecular weight is 588 g/mol. The number of alkyl halides is 3. The highest BCUT2D eigenvalue weighted by molar-refractivity contribution is 6.12. The van der Waals surface area contributed by atoms with Crippen molar-refractivity contribution in [2.45, 2.75) is 26.1 Å². The van der Waals surface area contributed by atoms with Crippen LogP contribution in [0.3, 0.4) is 0 Å². The third kappa shape index (κ3) is 7.34. The minimum atomic E-state index is -4.92. The second-order valence-electron chi connectivity index (χ2n) is 8.93. The summed E-state index contributed by atoms with van der Waals surface area (Å²) in [7, 11) is 2.10. The minimum absolute atomic E-state index is 0.137. The summed E-state index contributed by atoms with van der Waals surface area (Å²) in [5.41, 5.74) is -2.39. The van der Waals surface area contributed by atoms with Gasteiger partial charge in [-0.3, -0.25) is 9.59 Å². The van der Waals surface area contributed by atoms with E-state index in [2.05, 4.69) is 0 Å². The van der Waals surface area contributed by atoms with Crippen molar-refractivity contribution in [3.05, 3.63) is 71.7 Å². The quantitative estimate of drug-likeness (QED) is 0.133. The van der Waals surface area contributed by atoms with E-state index in [4.69, 9.17) is 14.2 Å². The first-order valence-electron chi connectivity index (χ1n) is 12.3. The van der Waals surface area contributed by atoms with Crippen molar-refractivity contribution in [2.24, 2.45) is 0 Å². The van der Waals surface area contributed by atoms with Crippen molar-refractivity contribution in [3.63, 3.8) is 0 Å². The fourth-order valence-corrected chi connectivity index (χ4v) is 3.76. The number of carbonyl (C=O) groups excluding carboxylic acids is 3. The molecule has 0 saturated carbocycles. The Balaban J connectivity index is 1.93. The Morgan fingerprint density at radius 2 is 1.67 bits per heavy atom. The lowest BCUT2D eigenvalue weighted by Crippen LogP contribution is -2.32. The zero-order chi connectivity index (χ0) is 31.2.